The molecule has 0 saturated carbocycles. The maximum Gasteiger partial charge on any atom is 0.241 e. The molecule has 4 heteroatoms. The first-order valence-corrected chi connectivity index (χ1v) is 5.84. The largest absolute Gasteiger partial charge is 0.324 e. The average molecular weight is 229 g/mol. The summed E-state index contributed by atoms with van der Waals surface area (Å²) in [6.07, 6.45) is 3.06. The summed E-state index contributed by atoms with van der Waals surface area (Å²) in [7, 11) is 0. The summed E-state index contributed by atoms with van der Waals surface area (Å²) in [6, 6.07) is 8.98. The second kappa shape index (κ2) is 5.46. The quantitative estimate of drug-likeness (QED) is 0.810. The molecule has 2 N–H and O–H groups in total. The van der Waals surface area contributed by atoms with Crippen molar-refractivity contribution in [2.45, 2.75) is 25.3 Å². The number of nitrogens with zero attached hydrogens (tertiary/aromatic N) is 1. The van der Waals surface area contributed by atoms with E-state index in [4.69, 9.17) is 5.26 Å². The summed E-state index contributed by atoms with van der Waals surface area (Å²) >= 11 is 0. The van der Waals surface area contributed by atoms with Gasteiger partial charge in [0.1, 0.15) is 6.07 Å². The molecule has 1 saturated heterocycles. The lowest BCUT2D eigenvalue weighted by molar-refractivity contribution is -0.118. The van der Waals surface area contributed by atoms with Gasteiger partial charge in [-0.1, -0.05) is 18.6 Å². The van der Waals surface area contributed by atoms with Gasteiger partial charge in [-0.15, -0.1) is 0 Å². The van der Waals surface area contributed by atoms with E-state index in [0.29, 0.717) is 11.3 Å². The molecule has 1 aromatic rings. The SMILES string of the molecule is N#Cc1ccccc1NC(=O)[C@@H]1CCCCN1. The fraction of sp³-hybridized carbons (Fsp3) is 0.385. The standard InChI is InChI=1S/C13H15N3O/c14-9-10-5-1-2-6-11(10)16-13(17)12-7-3-4-8-15-12/h1-2,5-6,12,15H,3-4,7-8H2,(H,16,17)/t12-/m0/s1. The van der Waals surface area contributed by atoms with E-state index in [1.54, 1.807) is 18.2 Å². The molecule has 0 spiro atoms. The average Bonchev–Trinajstić information content (AvgIpc) is 2.40. The van der Waals surface area contributed by atoms with Crippen molar-refractivity contribution in [2.75, 3.05) is 11.9 Å². The lowest BCUT2D eigenvalue weighted by atomic mass is 10.0. The van der Waals surface area contributed by atoms with Crippen LogP contribution in [0.2, 0.25) is 0 Å². The first-order chi connectivity index (χ1) is 8.31. The van der Waals surface area contributed by atoms with E-state index >= 15 is 0 Å². The van der Waals surface area contributed by atoms with Crippen molar-refractivity contribution >= 4 is 11.6 Å². The summed E-state index contributed by atoms with van der Waals surface area (Å²) < 4.78 is 0. The van der Waals surface area contributed by atoms with Crippen LogP contribution in [0.3, 0.4) is 0 Å². The Labute approximate surface area is 101 Å². The van der Waals surface area contributed by atoms with Crippen LogP contribution in [-0.2, 0) is 4.79 Å². The molecule has 0 bridgehead atoms. The zero-order valence-corrected chi connectivity index (χ0v) is 9.57. The van der Waals surface area contributed by atoms with Gasteiger partial charge >= 0.3 is 0 Å². The second-order valence-electron chi connectivity index (χ2n) is 4.15. The molecular formula is C13H15N3O. The highest BCUT2D eigenvalue weighted by atomic mass is 16.2. The minimum atomic E-state index is -0.129. The van der Waals surface area contributed by atoms with Gasteiger partial charge in [0.2, 0.25) is 5.91 Å². The van der Waals surface area contributed by atoms with Gasteiger partial charge in [-0.25, -0.2) is 0 Å². The molecule has 0 radical (unpaired) electrons. The Morgan fingerprint density at radius 3 is 2.94 bits per heavy atom. The number of carbonyl (C=O) groups excluding carboxylic acids is 1. The van der Waals surface area contributed by atoms with Crippen molar-refractivity contribution in [1.82, 2.24) is 5.32 Å². The normalized spacial score (nSPS) is 19.4. The fourth-order valence-electron chi connectivity index (χ4n) is 1.99. The van der Waals surface area contributed by atoms with Gasteiger partial charge in [-0.05, 0) is 31.5 Å². The van der Waals surface area contributed by atoms with Gasteiger partial charge in [0, 0.05) is 0 Å². The summed E-state index contributed by atoms with van der Waals surface area (Å²) in [4.78, 5) is 12.0. The minimum absolute atomic E-state index is 0.0487. The topological polar surface area (TPSA) is 64.9 Å². The molecule has 0 unspecified atom stereocenters. The number of rotatable bonds is 2. The van der Waals surface area contributed by atoms with Crippen LogP contribution in [0.5, 0.6) is 0 Å². The zero-order chi connectivity index (χ0) is 12.1. The van der Waals surface area contributed by atoms with Crippen LogP contribution in [0.25, 0.3) is 0 Å². The number of nitrogens with one attached hydrogen (secondary N) is 2. The van der Waals surface area contributed by atoms with Gasteiger partial charge in [0.25, 0.3) is 0 Å². The van der Waals surface area contributed by atoms with Crippen molar-refractivity contribution in [3.8, 4) is 6.07 Å². The molecule has 1 heterocycles. The number of piperidine rings is 1. The number of para-hydroxylation sites is 1. The van der Waals surface area contributed by atoms with E-state index in [9.17, 15) is 4.79 Å². The zero-order valence-electron chi connectivity index (χ0n) is 9.57. The molecule has 1 aromatic carbocycles. The third kappa shape index (κ3) is 2.83. The first kappa shape index (κ1) is 11.6. The molecule has 1 atom stereocenters. The molecule has 17 heavy (non-hydrogen) atoms. The smallest absolute Gasteiger partial charge is 0.241 e. The van der Waals surface area contributed by atoms with Crippen LogP contribution in [0.1, 0.15) is 24.8 Å². The molecule has 1 amide bonds. The number of nitriles is 1. The Hall–Kier alpha value is -1.86. The molecule has 88 valence electrons. The highest BCUT2D eigenvalue weighted by Gasteiger charge is 2.20. The number of benzene rings is 1. The van der Waals surface area contributed by atoms with Crippen LogP contribution in [-0.4, -0.2) is 18.5 Å². The Bertz CT molecular complexity index is 444. The molecular weight excluding hydrogens is 214 g/mol. The van der Waals surface area contributed by atoms with Crippen molar-refractivity contribution in [3.05, 3.63) is 29.8 Å². The van der Waals surface area contributed by atoms with Gasteiger partial charge in [0.05, 0.1) is 17.3 Å². The molecule has 1 aliphatic rings. The van der Waals surface area contributed by atoms with Crippen LogP contribution in [0.4, 0.5) is 5.69 Å². The second-order valence-corrected chi connectivity index (χ2v) is 4.15. The van der Waals surface area contributed by atoms with Gasteiger partial charge in [-0.3, -0.25) is 4.79 Å². The minimum Gasteiger partial charge on any atom is -0.324 e. The fourth-order valence-corrected chi connectivity index (χ4v) is 1.99. The maximum atomic E-state index is 12.0. The first-order valence-electron chi connectivity index (χ1n) is 5.84. The molecule has 0 aromatic heterocycles. The van der Waals surface area contributed by atoms with E-state index in [1.807, 2.05) is 6.07 Å². The van der Waals surface area contributed by atoms with E-state index < -0.39 is 0 Å². The summed E-state index contributed by atoms with van der Waals surface area (Å²) in [5, 5.41) is 14.9. The van der Waals surface area contributed by atoms with Gasteiger partial charge < -0.3 is 10.6 Å². The predicted octanol–water partition coefficient (Wildman–Crippen LogP) is 1.64. The predicted molar refractivity (Wildman–Crippen MR) is 65.4 cm³/mol. The Balaban J connectivity index is 2.05. The van der Waals surface area contributed by atoms with Crippen molar-refractivity contribution in [2.24, 2.45) is 0 Å². The summed E-state index contributed by atoms with van der Waals surface area (Å²) in [5.41, 5.74) is 1.09. The third-order valence-corrected chi connectivity index (χ3v) is 2.93. The number of carbonyl (C=O) groups is 1. The lowest BCUT2D eigenvalue weighted by Gasteiger charge is -2.22. The van der Waals surface area contributed by atoms with E-state index in [0.717, 1.165) is 25.8 Å². The Morgan fingerprint density at radius 2 is 2.24 bits per heavy atom. The number of amides is 1. The number of hydrogen-bond donors (Lipinski definition) is 2. The van der Waals surface area contributed by atoms with Crippen LogP contribution in [0.15, 0.2) is 24.3 Å². The molecule has 4 nitrogen and oxygen atoms in total. The van der Waals surface area contributed by atoms with Gasteiger partial charge in [-0.2, -0.15) is 5.26 Å². The summed E-state index contributed by atoms with van der Waals surface area (Å²) in [6.45, 7) is 0.887. The highest BCUT2D eigenvalue weighted by molar-refractivity contribution is 5.95. The Kier molecular flexibility index (Phi) is 3.73. The van der Waals surface area contributed by atoms with E-state index in [2.05, 4.69) is 16.7 Å². The summed E-state index contributed by atoms with van der Waals surface area (Å²) in [5.74, 6) is -0.0487. The molecule has 0 aliphatic carbocycles. The van der Waals surface area contributed by atoms with Crippen molar-refractivity contribution < 1.29 is 4.79 Å². The third-order valence-electron chi connectivity index (χ3n) is 2.93. The number of hydrogen-bond acceptors (Lipinski definition) is 3. The van der Waals surface area contributed by atoms with Crippen LogP contribution < -0.4 is 10.6 Å². The highest BCUT2D eigenvalue weighted by Crippen LogP contribution is 2.15. The van der Waals surface area contributed by atoms with Crippen molar-refractivity contribution in [3.63, 3.8) is 0 Å². The monoisotopic (exact) mass is 229 g/mol. The molecule has 1 aliphatic heterocycles. The van der Waals surface area contributed by atoms with E-state index in [1.165, 1.54) is 0 Å². The van der Waals surface area contributed by atoms with Crippen LogP contribution >= 0.6 is 0 Å². The van der Waals surface area contributed by atoms with Crippen LogP contribution in [0, 0.1) is 11.3 Å². The molecule has 2 rings (SSSR count). The molecule has 1 fully saturated rings. The van der Waals surface area contributed by atoms with E-state index in [-0.39, 0.29) is 11.9 Å². The van der Waals surface area contributed by atoms with Gasteiger partial charge in [0.15, 0.2) is 0 Å². The Morgan fingerprint density at radius 1 is 1.41 bits per heavy atom. The maximum absolute atomic E-state index is 12.0. The number of anilines is 1. The lowest BCUT2D eigenvalue weighted by Crippen LogP contribution is -2.43. The van der Waals surface area contributed by atoms with Crippen molar-refractivity contribution in [1.29, 1.82) is 5.26 Å².